The van der Waals surface area contributed by atoms with Crippen LogP contribution in [0.2, 0.25) is 0 Å². The van der Waals surface area contributed by atoms with E-state index in [0.29, 0.717) is 12.8 Å². The largest absolute Gasteiger partial charge is 0.464 e. The number of hydrogen-bond acceptors (Lipinski definition) is 5. The first-order valence-electron chi connectivity index (χ1n) is 8.87. The average Bonchev–Trinajstić information content (AvgIpc) is 3.20. The summed E-state index contributed by atoms with van der Waals surface area (Å²) in [4.78, 5) is 51.2. The van der Waals surface area contributed by atoms with Gasteiger partial charge in [0.2, 0.25) is 5.91 Å². The number of rotatable bonds is 5. The van der Waals surface area contributed by atoms with E-state index in [2.05, 4.69) is 5.32 Å². The molecular formula is C19H22N2O5. The summed E-state index contributed by atoms with van der Waals surface area (Å²) < 4.78 is 5.13. The SMILES string of the molecule is CCOC(=O)C1(NC(=O)[C@@H](C)N2C(=O)c3ccccc3C2=O)CCCC1. The molecule has 1 heterocycles. The molecule has 3 amide bonds. The number of carbonyl (C=O) groups excluding carboxylic acids is 4. The molecule has 26 heavy (non-hydrogen) atoms. The van der Waals surface area contributed by atoms with E-state index < -0.39 is 35.3 Å². The van der Waals surface area contributed by atoms with Crippen molar-refractivity contribution in [3.63, 3.8) is 0 Å². The highest BCUT2D eigenvalue weighted by Crippen LogP contribution is 2.32. The maximum absolute atomic E-state index is 12.8. The summed E-state index contributed by atoms with van der Waals surface area (Å²) in [5.41, 5.74) is -0.490. The van der Waals surface area contributed by atoms with Gasteiger partial charge < -0.3 is 10.1 Å². The first-order valence-corrected chi connectivity index (χ1v) is 8.87. The summed E-state index contributed by atoms with van der Waals surface area (Å²) in [6.45, 7) is 3.43. The molecule has 0 aromatic heterocycles. The monoisotopic (exact) mass is 358 g/mol. The average molecular weight is 358 g/mol. The number of esters is 1. The van der Waals surface area contributed by atoms with Crippen LogP contribution in [-0.2, 0) is 14.3 Å². The second-order valence-corrected chi connectivity index (χ2v) is 6.70. The minimum atomic E-state index is -1.07. The van der Waals surface area contributed by atoms with Crippen LogP contribution in [0, 0.1) is 0 Å². The summed E-state index contributed by atoms with van der Waals surface area (Å²) in [7, 11) is 0. The molecule has 1 N–H and O–H groups in total. The number of nitrogens with zero attached hydrogens (tertiary/aromatic N) is 1. The summed E-state index contributed by atoms with van der Waals surface area (Å²) >= 11 is 0. The maximum Gasteiger partial charge on any atom is 0.331 e. The molecule has 1 aromatic rings. The van der Waals surface area contributed by atoms with E-state index in [9.17, 15) is 19.2 Å². The van der Waals surface area contributed by atoms with E-state index in [-0.39, 0.29) is 17.7 Å². The summed E-state index contributed by atoms with van der Waals surface area (Å²) in [6, 6.07) is 5.46. The summed E-state index contributed by atoms with van der Waals surface area (Å²) in [5, 5.41) is 2.76. The van der Waals surface area contributed by atoms with E-state index in [0.717, 1.165) is 17.7 Å². The lowest BCUT2D eigenvalue weighted by Gasteiger charge is -2.31. The van der Waals surface area contributed by atoms with E-state index >= 15 is 0 Å². The molecule has 1 aliphatic heterocycles. The topological polar surface area (TPSA) is 92.8 Å². The van der Waals surface area contributed by atoms with Gasteiger partial charge in [-0.1, -0.05) is 25.0 Å². The fourth-order valence-electron chi connectivity index (χ4n) is 3.65. The zero-order chi connectivity index (χ0) is 18.9. The minimum Gasteiger partial charge on any atom is -0.464 e. The number of imide groups is 1. The van der Waals surface area contributed by atoms with Crippen molar-refractivity contribution < 1.29 is 23.9 Å². The molecule has 7 heteroatoms. The number of hydrogen-bond donors (Lipinski definition) is 1. The molecule has 1 aliphatic carbocycles. The standard InChI is InChI=1S/C19H22N2O5/c1-3-26-18(25)19(10-6-7-11-19)20-15(22)12(2)21-16(23)13-8-4-5-9-14(13)17(21)24/h4-5,8-9,12H,3,6-7,10-11H2,1-2H3,(H,20,22)/t12-/m1/s1. The highest BCUT2D eigenvalue weighted by Gasteiger charge is 2.47. The molecule has 2 aliphatic rings. The Labute approximate surface area is 151 Å². The summed E-state index contributed by atoms with van der Waals surface area (Å²) in [5.74, 6) is -1.98. The van der Waals surface area contributed by atoms with Gasteiger partial charge in [-0.15, -0.1) is 0 Å². The molecule has 1 fully saturated rings. The van der Waals surface area contributed by atoms with E-state index in [1.807, 2.05) is 0 Å². The molecule has 0 unspecified atom stereocenters. The highest BCUT2D eigenvalue weighted by atomic mass is 16.5. The summed E-state index contributed by atoms with van der Waals surface area (Å²) in [6.07, 6.45) is 2.60. The molecule has 0 saturated heterocycles. The Morgan fingerprint density at radius 3 is 2.19 bits per heavy atom. The van der Waals surface area contributed by atoms with Crippen LogP contribution in [0.25, 0.3) is 0 Å². The van der Waals surface area contributed by atoms with Crippen molar-refractivity contribution in [3.8, 4) is 0 Å². The molecule has 3 rings (SSSR count). The lowest BCUT2D eigenvalue weighted by Crippen LogP contribution is -2.58. The first-order chi connectivity index (χ1) is 12.4. The van der Waals surface area contributed by atoms with E-state index in [4.69, 9.17) is 4.74 Å². The van der Waals surface area contributed by atoms with Crippen LogP contribution in [-0.4, -0.2) is 46.8 Å². The van der Waals surface area contributed by atoms with Crippen LogP contribution in [0.3, 0.4) is 0 Å². The van der Waals surface area contributed by atoms with Gasteiger partial charge in [0.05, 0.1) is 17.7 Å². The quantitative estimate of drug-likeness (QED) is 0.638. The predicted octanol–water partition coefficient (Wildman–Crippen LogP) is 1.66. The third-order valence-corrected chi connectivity index (χ3v) is 5.08. The highest BCUT2D eigenvalue weighted by molar-refractivity contribution is 6.22. The zero-order valence-corrected chi connectivity index (χ0v) is 14.9. The van der Waals surface area contributed by atoms with Gasteiger partial charge in [-0.25, -0.2) is 4.79 Å². The smallest absolute Gasteiger partial charge is 0.331 e. The third-order valence-electron chi connectivity index (χ3n) is 5.08. The number of fused-ring (bicyclic) bond motifs is 1. The van der Waals surface area contributed by atoms with Gasteiger partial charge in [0.25, 0.3) is 11.8 Å². The van der Waals surface area contributed by atoms with Crippen LogP contribution in [0.15, 0.2) is 24.3 Å². The number of ether oxygens (including phenoxy) is 1. The van der Waals surface area contributed by atoms with Gasteiger partial charge in [0.15, 0.2) is 0 Å². The molecule has 1 atom stereocenters. The van der Waals surface area contributed by atoms with Crippen LogP contribution < -0.4 is 5.32 Å². The number of benzene rings is 1. The number of carbonyl (C=O) groups is 4. The lowest BCUT2D eigenvalue weighted by molar-refractivity contribution is -0.153. The van der Waals surface area contributed by atoms with Gasteiger partial charge in [-0.2, -0.15) is 0 Å². The predicted molar refractivity (Wildman–Crippen MR) is 92.4 cm³/mol. The van der Waals surface area contributed by atoms with Gasteiger partial charge in [0.1, 0.15) is 11.6 Å². The van der Waals surface area contributed by atoms with Crippen molar-refractivity contribution in [1.82, 2.24) is 10.2 Å². The number of nitrogens with one attached hydrogen (secondary N) is 1. The Kier molecular flexibility index (Phi) is 4.80. The second-order valence-electron chi connectivity index (χ2n) is 6.70. The Morgan fingerprint density at radius 2 is 1.69 bits per heavy atom. The Morgan fingerprint density at radius 1 is 1.15 bits per heavy atom. The Hall–Kier alpha value is -2.70. The molecule has 1 aromatic carbocycles. The van der Waals surface area contributed by atoms with E-state index in [1.165, 1.54) is 6.92 Å². The minimum absolute atomic E-state index is 0.227. The third kappa shape index (κ3) is 2.87. The van der Waals surface area contributed by atoms with Crippen LogP contribution >= 0.6 is 0 Å². The lowest BCUT2D eigenvalue weighted by atomic mass is 9.97. The first kappa shape index (κ1) is 18.1. The van der Waals surface area contributed by atoms with E-state index in [1.54, 1.807) is 31.2 Å². The maximum atomic E-state index is 12.8. The molecule has 1 saturated carbocycles. The molecule has 0 radical (unpaired) electrons. The Bertz CT molecular complexity index is 732. The molecule has 0 spiro atoms. The van der Waals surface area contributed by atoms with Crippen molar-refractivity contribution in [2.45, 2.75) is 51.1 Å². The zero-order valence-electron chi connectivity index (χ0n) is 14.9. The number of amides is 3. The molecule has 138 valence electrons. The van der Waals surface area contributed by atoms with Gasteiger partial charge in [-0.05, 0) is 38.8 Å². The fraction of sp³-hybridized carbons (Fsp3) is 0.474. The van der Waals surface area contributed by atoms with Crippen molar-refractivity contribution in [2.24, 2.45) is 0 Å². The van der Waals surface area contributed by atoms with Crippen LogP contribution in [0.1, 0.15) is 60.2 Å². The van der Waals surface area contributed by atoms with Crippen molar-refractivity contribution >= 4 is 23.7 Å². The second kappa shape index (κ2) is 6.90. The van der Waals surface area contributed by atoms with Crippen molar-refractivity contribution in [2.75, 3.05) is 6.61 Å². The van der Waals surface area contributed by atoms with Gasteiger partial charge >= 0.3 is 5.97 Å². The van der Waals surface area contributed by atoms with Crippen LogP contribution in [0.5, 0.6) is 0 Å². The normalized spacial score (nSPS) is 19.2. The fourth-order valence-corrected chi connectivity index (χ4v) is 3.65. The molecular weight excluding hydrogens is 336 g/mol. The van der Waals surface area contributed by atoms with Gasteiger partial charge in [-0.3, -0.25) is 19.3 Å². The Balaban J connectivity index is 1.79. The van der Waals surface area contributed by atoms with Crippen LogP contribution in [0.4, 0.5) is 0 Å². The molecule has 7 nitrogen and oxygen atoms in total. The van der Waals surface area contributed by atoms with Crippen molar-refractivity contribution in [3.05, 3.63) is 35.4 Å². The molecule has 0 bridgehead atoms. The van der Waals surface area contributed by atoms with Gasteiger partial charge in [0, 0.05) is 0 Å². The van der Waals surface area contributed by atoms with Crippen molar-refractivity contribution in [1.29, 1.82) is 0 Å².